The molecule has 6 aromatic rings. The van der Waals surface area contributed by atoms with Gasteiger partial charge in [0.1, 0.15) is 23.2 Å². The first-order chi connectivity index (χ1) is 37.4. The van der Waals surface area contributed by atoms with E-state index in [0.717, 1.165) is 38.3 Å². The van der Waals surface area contributed by atoms with Crippen molar-refractivity contribution >= 4 is 70.4 Å². The molecule has 0 radical (unpaired) electrons. The number of ether oxygens (including phenoxy) is 5. The number of halogens is 1. The Hall–Kier alpha value is -7.15. The molecule has 4 unspecified atom stereocenters. The van der Waals surface area contributed by atoms with E-state index in [1.807, 2.05) is 58.0 Å². The number of Topliss-reactive ketones (excluding diaryl/α,β-unsaturated/α-hetero) is 2. The quantitative estimate of drug-likeness (QED) is 0.0328. The van der Waals surface area contributed by atoms with Crippen LogP contribution in [0.2, 0.25) is 4.34 Å². The lowest BCUT2D eigenvalue weighted by atomic mass is 9.84. The van der Waals surface area contributed by atoms with E-state index in [4.69, 9.17) is 35.3 Å². The number of aryl methyl sites for hydroxylation is 6. The van der Waals surface area contributed by atoms with Gasteiger partial charge in [-0.3, -0.25) is 14.3 Å². The number of carbonyl (C=O) groups excluding carboxylic acids is 5. The first kappa shape index (κ1) is 58.0. The number of ketones is 2. The monoisotopic (exact) mass is 1130 g/mol. The van der Waals surface area contributed by atoms with Crippen LogP contribution < -0.4 is 18.9 Å². The van der Waals surface area contributed by atoms with Crippen LogP contribution in [0, 0.1) is 51.4 Å². The molecule has 2 aromatic heterocycles. The standard InChI is InChI=1S/C60H65ClN4O12S2/c1-35-23-39(15-16-42-29-64(57(71)74-44-13-11-10-12-14-44)32-47(42)52(67)49-21-22-50(61)79-49)24-36(2)54(35)77-60(7,8)56(70)73-34-78-46-19-17-41(18-20-46)51(66)48-33-65(58(72)75-45-28-62-63(9)31-45)30-43(48)27-40-25-37(3)53(38(4)26-40)76-59(5,6)55(68)69/h10-14,17-26,28,31,42-43,47-48H,15-16,27,29-30,32-34H2,1-9H3,(H,68,69). The number of aromatic nitrogens is 2. The number of para-hydroxylation sites is 1. The van der Waals surface area contributed by atoms with Crippen molar-refractivity contribution in [2.24, 2.45) is 30.7 Å². The number of hydrogen-bond acceptors (Lipinski definition) is 14. The third-order valence-electron chi connectivity index (χ3n) is 14.3. The molecule has 4 aromatic carbocycles. The zero-order chi connectivity index (χ0) is 56.9. The molecule has 19 heteroatoms. The number of rotatable bonds is 20. The zero-order valence-corrected chi connectivity index (χ0v) is 48.1. The van der Waals surface area contributed by atoms with Gasteiger partial charge >= 0.3 is 24.1 Å². The van der Waals surface area contributed by atoms with E-state index in [9.17, 15) is 33.9 Å². The lowest BCUT2D eigenvalue weighted by Gasteiger charge is -2.27. The van der Waals surface area contributed by atoms with Crippen LogP contribution in [-0.4, -0.2) is 104 Å². The van der Waals surface area contributed by atoms with Crippen molar-refractivity contribution in [2.75, 3.05) is 32.1 Å². The van der Waals surface area contributed by atoms with E-state index in [2.05, 4.69) is 5.10 Å². The maximum Gasteiger partial charge on any atom is 0.415 e. The molecule has 0 spiro atoms. The summed E-state index contributed by atoms with van der Waals surface area (Å²) in [6.07, 6.45) is 3.67. The summed E-state index contributed by atoms with van der Waals surface area (Å²) in [6, 6.07) is 27.3. The number of carbonyl (C=O) groups is 6. The van der Waals surface area contributed by atoms with Crippen LogP contribution >= 0.6 is 34.7 Å². The van der Waals surface area contributed by atoms with Crippen LogP contribution in [0.1, 0.15) is 87.5 Å². The van der Waals surface area contributed by atoms with Gasteiger partial charge in [0.05, 0.1) is 21.6 Å². The highest BCUT2D eigenvalue weighted by atomic mass is 35.5. The fourth-order valence-corrected chi connectivity index (χ4v) is 11.9. The topological polar surface area (TPSA) is 193 Å². The Morgan fingerprint density at radius 1 is 0.696 bits per heavy atom. The molecule has 79 heavy (non-hydrogen) atoms. The lowest BCUT2D eigenvalue weighted by molar-refractivity contribution is -0.157. The van der Waals surface area contributed by atoms with Crippen molar-refractivity contribution < 1.29 is 57.6 Å². The average Bonchev–Trinajstić information content (AvgIpc) is 4.35. The van der Waals surface area contributed by atoms with E-state index in [0.29, 0.717) is 57.8 Å². The van der Waals surface area contributed by atoms with Crippen LogP contribution in [-0.2, 0) is 34.2 Å². The number of likely N-dealkylation sites (tertiary alicyclic amines) is 2. The Labute approximate surface area is 473 Å². The SMILES string of the molecule is Cc1cc(CC2CN(C(=O)Oc3cnn(C)c3)CC2C(=O)c2ccc(SCOC(=O)C(C)(C)Oc3c(C)cc(CCC4CN(C(=O)Oc5ccccc5)CC4C(=O)c4ccc(Cl)s4)cc3C)cc2)cc(C)c1OC(C)(C)C(=O)O. The van der Waals surface area contributed by atoms with Crippen molar-refractivity contribution in [3.63, 3.8) is 0 Å². The number of carboxylic acids is 1. The average molecular weight is 1130 g/mol. The minimum Gasteiger partial charge on any atom is -0.478 e. The second-order valence-corrected chi connectivity index (χ2v) is 24.1. The molecule has 2 aliphatic heterocycles. The molecule has 0 aliphatic carbocycles. The van der Waals surface area contributed by atoms with Crippen LogP contribution in [0.25, 0.3) is 0 Å². The number of carboxylic acid groups (broad SMARTS) is 1. The predicted octanol–water partition coefficient (Wildman–Crippen LogP) is 11.8. The van der Waals surface area contributed by atoms with Crippen molar-refractivity contribution in [2.45, 2.75) is 90.7 Å². The molecule has 2 amide bonds. The summed E-state index contributed by atoms with van der Waals surface area (Å²) in [5, 5.41) is 13.8. The molecule has 1 N–H and O–H groups in total. The van der Waals surface area contributed by atoms with Gasteiger partial charge in [-0.15, -0.1) is 11.3 Å². The maximum absolute atomic E-state index is 14.4. The second-order valence-electron chi connectivity index (χ2n) is 21.4. The number of amides is 2. The second kappa shape index (κ2) is 24.5. The van der Waals surface area contributed by atoms with E-state index < -0.39 is 47.2 Å². The minimum atomic E-state index is -1.44. The van der Waals surface area contributed by atoms with Crippen LogP contribution in [0.15, 0.2) is 108 Å². The van der Waals surface area contributed by atoms with Crippen molar-refractivity contribution in [1.82, 2.24) is 19.6 Å². The predicted molar refractivity (Wildman–Crippen MR) is 301 cm³/mol. The Morgan fingerprint density at radius 3 is 1.81 bits per heavy atom. The summed E-state index contributed by atoms with van der Waals surface area (Å²) in [5.41, 5.74) is 2.77. The van der Waals surface area contributed by atoms with Gasteiger partial charge < -0.3 is 38.6 Å². The highest BCUT2D eigenvalue weighted by Gasteiger charge is 2.43. The number of nitrogens with zero attached hydrogens (tertiary/aromatic N) is 4. The molecule has 16 nitrogen and oxygen atoms in total. The lowest BCUT2D eigenvalue weighted by Crippen LogP contribution is -2.40. The highest BCUT2D eigenvalue weighted by molar-refractivity contribution is 7.99. The number of thiophene rings is 1. The molecule has 8 rings (SSSR count). The van der Waals surface area contributed by atoms with Gasteiger partial charge in [-0.25, -0.2) is 19.2 Å². The van der Waals surface area contributed by atoms with Gasteiger partial charge in [-0.05, 0) is 156 Å². The minimum absolute atomic E-state index is 0.0173. The third kappa shape index (κ3) is 14.2. The van der Waals surface area contributed by atoms with Gasteiger partial charge in [-0.1, -0.05) is 78.0 Å². The smallest absolute Gasteiger partial charge is 0.415 e. The Bertz CT molecular complexity index is 3200. The number of thioether (sulfide) groups is 1. The maximum atomic E-state index is 14.4. The Kier molecular flexibility index (Phi) is 18.0. The summed E-state index contributed by atoms with van der Waals surface area (Å²) >= 11 is 8.73. The Morgan fingerprint density at radius 2 is 1.25 bits per heavy atom. The molecule has 0 saturated carbocycles. The number of benzene rings is 4. The largest absolute Gasteiger partial charge is 0.478 e. The number of aliphatic carboxylic acids is 1. The molecule has 2 saturated heterocycles. The summed E-state index contributed by atoms with van der Waals surface area (Å²) in [5.74, 6) is -1.50. The van der Waals surface area contributed by atoms with Crippen LogP contribution in [0.4, 0.5) is 9.59 Å². The van der Waals surface area contributed by atoms with Gasteiger partial charge in [0.15, 0.2) is 28.5 Å². The fourth-order valence-electron chi connectivity index (χ4n) is 10.2. The summed E-state index contributed by atoms with van der Waals surface area (Å²) < 4.78 is 31.4. The first-order valence-corrected chi connectivity index (χ1v) is 28.2. The zero-order valence-electron chi connectivity index (χ0n) is 45.7. The summed E-state index contributed by atoms with van der Waals surface area (Å²) in [4.78, 5) is 84.8. The van der Waals surface area contributed by atoms with E-state index in [-0.39, 0.29) is 54.7 Å². The number of hydrogen-bond donors (Lipinski definition) is 1. The summed E-state index contributed by atoms with van der Waals surface area (Å²) in [6.45, 7) is 14.9. The molecule has 2 aliphatic rings. The van der Waals surface area contributed by atoms with Crippen LogP contribution in [0.5, 0.6) is 23.0 Å². The first-order valence-electron chi connectivity index (χ1n) is 26.0. The van der Waals surface area contributed by atoms with E-state index in [1.165, 1.54) is 47.8 Å². The Balaban J connectivity index is 0.867. The fraction of sp³-hybridized carbons (Fsp3) is 0.383. The highest BCUT2D eigenvalue weighted by Crippen LogP contribution is 2.38. The molecule has 0 bridgehead atoms. The molecule has 4 heterocycles. The normalized spacial score (nSPS) is 17.3. The van der Waals surface area contributed by atoms with Crippen molar-refractivity contribution in [3.05, 3.63) is 152 Å². The molecule has 4 atom stereocenters. The van der Waals surface area contributed by atoms with Gasteiger partial charge in [0.2, 0.25) is 0 Å². The van der Waals surface area contributed by atoms with Crippen LogP contribution in [0.3, 0.4) is 0 Å². The third-order valence-corrected chi connectivity index (χ3v) is 16.4. The number of esters is 1. The van der Waals surface area contributed by atoms with E-state index >= 15 is 0 Å². The molecule has 416 valence electrons. The van der Waals surface area contributed by atoms with Gasteiger partial charge in [-0.2, -0.15) is 5.10 Å². The van der Waals surface area contributed by atoms with Gasteiger partial charge in [0, 0.05) is 55.5 Å². The van der Waals surface area contributed by atoms with Crippen molar-refractivity contribution in [1.29, 1.82) is 0 Å². The molecule has 2 fully saturated rings. The van der Waals surface area contributed by atoms with Crippen molar-refractivity contribution in [3.8, 4) is 23.0 Å². The molecular formula is C60H65ClN4O12S2. The molecular weight excluding hydrogens is 1070 g/mol. The summed E-state index contributed by atoms with van der Waals surface area (Å²) in [7, 11) is 1.72. The van der Waals surface area contributed by atoms with Gasteiger partial charge in [0.25, 0.3) is 0 Å². The van der Waals surface area contributed by atoms with E-state index in [1.54, 1.807) is 97.6 Å².